The van der Waals surface area contributed by atoms with Gasteiger partial charge in [-0.1, -0.05) is 6.42 Å². The van der Waals surface area contributed by atoms with E-state index in [9.17, 15) is 5.11 Å². The van der Waals surface area contributed by atoms with Crippen LogP contribution >= 0.6 is 0 Å². The number of rotatable bonds is 6. The van der Waals surface area contributed by atoms with E-state index in [1.165, 1.54) is 45.3 Å². The Labute approximate surface area is 124 Å². The first-order valence-corrected chi connectivity index (χ1v) is 8.30. The summed E-state index contributed by atoms with van der Waals surface area (Å²) in [4.78, 5) is 4.91. The first-order chi connectivity index (χ1) is 9.53. The van der Waals surface area contributed by atoms with E-state index in [1.807, 2.05) is 0 Å². The highest BCUT2D eigenvalue weighted by molar-refractivity contribution is 4.96. The zero-order valence-electron chi connectivity index (χ0n) is 13.4. The van der Waals surface area contributed by atoms with Gasteiger partial charge < -0.3 is 20.6 Å². The van der Waals surface area contributed by atoms with Crippen LogP contribution < -0.4 is 5.73 Å². The summed E-state index contributed by atoms with van der Waals surface area (Å²) in [6, 6.07) is 0. The van der Waals surface area contributed by atoms with Gasteiger partial charge in [0.15, 0.2) is 0 Å². The van der Waals surface area contributed by atoms with Gasteiger partial charge in [0.1, 0.15) is 0 Å². The van der Waals surface area contributed by atoms with Gasteiger partial charge in [-0.3, -0.25) is 0 Å². The summed E-state index contributed by atoms with van der Waals surface area (Å²) in [5, 5.41) is 9.51. The van der Waals surface area contributed by atoms with Crippen LogP contribution in [-0.2, 0) is 0 Å². The predicted octanol–water partition coefficient (Wildman–Crippen LogP) is 1.14. The largest absolute Gasteiger partial charge is 0.394 e. The summed E-state index contributed by atoms with van der Waals surface area (Å²) in [6.45, 7) is 5.03. The molecule has 0 amide bonds. The summed E-state index contributed by atoms with van der Waals surface area (Å²) in [6.07, 6.45) is 7.21. The molecule has 4 heteroatoms. The van der Waals surface area contributed by atoms with Gasteiger partial charge in [0, 0.05) is 12.1 Å². The molecule has 1 heterocycles. The van der Waals surface area contributed by atoms with Gasteiger partial charge in [0.2, 0.25) is 0 Å². The summed E-state index contributed by atoms with van der Waals surface area (Å²) >= 11 is 0. The van der Waals surface area contributed by atoms with Crippen LogP contribution in [0.2, 0.25) is 0 Å². The first-order valence-electron chi connectivity index (χ1n) is 8.30. The van der Waals surface area contributed by atoms with Gasteiger partial charge in [0.25, 0.3) is 0 Å². The number of aliphatic hydroxyl groups is 1. The van der Waals surface area contributed by atoms with Crippen molar-refractivity contribution < 1.29 is 5.11 Å². The maximum atomic E-state index is 9.51. The third-order valence-corrected chi connectivity index (χ3v) is 5.43. The number of likely N-dealkylation sites (tertiary alicyclic amines) is 1. The molecule has 1 saturated heterocycles. The van der Waals surface area contributed by atoms with E-state index in [0.29, 0.717) is 5.92 Å². The Morgan fingerprint density at radius 3 is 2.55 bits per heavy atom. The lowest BCUT2D eigenvalue weighted by atomic mass is 9.86. The van der Waals surface area contributed by atoms with Crippen LogP contribution in [0.15, 0.2) is 0 Å². The van der Waals surface area contributed by atoms with E-state index in [0.717, 1.165) is 25.3 Å². The van der Waals surface area contributed by atoms with Crippen LogP contribution in [0, 0.1) is 11.8 Å². The van der Waals surface area contributed by atoms with E-state index in [2.05, 4.69) is 23.9 Å². The topological polar surface area (TPSA) is 52.7 Å². The highest BCUT2D eigenvalue weighted by Crippen LogP contribution is 2.36. The second-order valence-corrected chi connectivity index (χ2v) is 7.32. The zero-order valence-corrected chi connectivity index (χ0v) is 13.4. The fraction of sp³-hybridized carbons (Fsp3) is 1.00. The van der Waals surface area contributed by atoms with Gasteiger partial charge in [0.05, 0.1) is 6.61 Å². The zero-order chi connectivity index (χ0) is 14.6. The second kappa shape index (κ2) is 7.21. The first kappa shape index (κ1) is 16.2. The lowest BCUT2D eigenvalue weighted by molar-refractivity contribution is 0.125. The quantitative estimate of drug-likeness (QED) is 0.767. The maximum absolute atomic E-state index is 9.51. The van der Waals surface area contributed by atoms with Gasteiger partial charge in [-0.15, -0.1) is 0 Å². The highest BCUT2D eigenvalue weighted by atomic mass is 16.3. The van der Waals surface area contributed by atoms with Crippen molar-refractivity contribution in [2.24, 2.45) is 17.6 Å². The van der Waals surface area contributed by atoms with Crippen LogP contribution in [0.4, 0.5) is 0 Å². The van der Waals surface area contributed by atoms with Crippen molar-refractivity contribution in [1.82, 2.24) is 9.80 Å². The van der Waals surface area contributed by atoms with Crippen molar-refractivity contribution in [3.05, 3.63) is 0 Å². The Hall–Kier alpha value is -0.160. The van der Waals surface area contributed by atoms with Gasteiger partial charge >= 0.3 is 0 Å². The highest BCUT2D eigenvalue weighted by Gasteiger charge is 2.38. The Kier molecular flexibility index (Phi) is 5.84. The van der Waals surface area contributed by atoms with E-state index < -0.39 is 0 Å². The normalized spacial score (nSPS) is 33.1. The molecule has 1 aliphatic heterocycles. The number of hydrogen-bond donors (Lipinski definition) is 2. The Morgan fingerprint density at radius 2 is 1.95 bits per heavy atom. The monoisotopic (exact) mass is 283 g/mol. The molecule has 0 aromatic carbocycles. The minimum Gasteiger partial charge on any atom is -0.394 e. The third kappa shape index (κ3) is 4.17. The smallest absolute Gasteiger partial charge is 0.0613 e. The van der Waals surface area contributed by atoms with Crippen molar-refractivity contribution in [1.29, 1.82) is 0 Å². The standard InChI is InChI=1S/C16H33N3O/c1-18(2)12-14-5-9-19(10-6-14)11-7-15-4-3-8-16(15,17)13-20/h14-15,20H,3-13,17H2,1-2H3. The molecule has 4 nitrogen and oxygen atoms in total. The molecule has 0 bridgehead atoms. The summed E-state index contributed by atoms with van der Waals surface area (Å²) in [5.74, 6) is 1.39. The fourth-order valence-corrected chi connectivity index (χ4v) is 4.06. The fourth-order valence-electron chi connectivity index (χ4n) is 4.06. The number of nitrogens with two attached hydrogens (primary N) is 1. The lowest BCUT2D eigenvalue weighted by Crippen LogP contribution is -2.48. The van der Waals surface area contributed by atoms with Gasteiger partial charge in [-0.2, -0.15) is 0 Å². The molecule has 2 unspecified atom stereocenters. The van der Waals surface area contributed by atoms with Gasteiger partial charge in [-0.05, 0) is 77.7 Å². The van der Waals surface area contributed by atoms with Crippen LogP contribution in [0.5, 0.6) is 0 Å². The molecular weight excluding hydrogens is 250 g/mol. The third-order valence-electron chi connectivity index (χ3n) is 5.43. The SMILES string of the molecule is CN(C)CC1CCN(CCC2CCCC2(N)CO)CC1. The van der Waals surface area contributed by atoms with E-state index in [-0.39, 0.29) is 12.1 Å². The van der Waals surface area contributed by atoms with E-state index >= 15 is 0 Å². The molecule has 1 aliphatic carbocycles. The Bertz CT molecular complexity index is 289. The van der Waals surface area contributed by atoms with Crippen molar-refractivity contribution in [3.8, 4) is 0 Å². The molecule has 20 heavy (non-hydrogen) atoms. The van der Waals surface area contributed by atoms with Crippen LogP contribution in [0.25, 0.3) is 0 Å². The Balaban J connectivity index is 1.68. The number of hydrogen-bond acceptors (Lipinski definition) is 4. The minimum atomic E-state index is -0.288. The van der Waals surface area contributed by atoms with E-state index in [1.54, 1.807) is 0 Å². The molecule has 0 aromatic heterocycles. The molecule has 3 N–H and O–H groups in total. The molecule has 0 radical (unpaired) electrons. The van der Waals surface area contributed by atoms with Crippen LogP contribution in [0.3, 0.4) is 0 Å². The van der Waals surface area contributed by atoms with Crippen LogP contribution in [0.1, 0.15) is 38.5 Å². The summed E-state index contributed by atoms with van der Waals surface area (Å²) < 4.78 is 0. The number of nitrogens with zero attached hydrogens (tertiary/aromatic N) is 2. The van der Waals surface area contributed by atoms with E-state index in [4.69, 9.17) is 5.73 Å². The molecular formula is C16H33N3O. The molecule has 2 fully saturated rings. The average molecular weight is 283 g/mol. The molecule has 2 rings (SSSR count). The second-order valence-electron chi connectivity index (χ2n) is 7.32. The molecule has 2 aliphatic rings. The van der Waals surface area contributed by atoms with Crippen molar-refractivity contribution in [3.63, 3.8) is 0 Å². The summed E-state index contributed by atoms with van der Waals surface area (Å²) in [7, 11) is 4.34. The Morgan fingerprint density at radius 1 is 1.25 bits per heavy atom. The average Bonchev–Trinajstić information content (AvgIpc) is 2.79. The predicted molar refractivity (Wildman–Crippen MR) is 83.7 cm³/mol. The molecule has 0 aromatic rings. The molecule has 118 valence electrons. The lowest BCUT2D eigenvalue weighted by Gasteiger charge is -2.35. The van der Waals surface area contributed by atoms with Crippen molar-refractivity contribution >= 4 is 0 Å². The summed E-state index contributed by atoms with van der Waals surface area (Å²) in [5.41, 5.74) is 6.03. The van der Waals surface area contributed by atoms with Crippen molar-refractivity contribution in [2.45, 2.75) is 44.1 Å². The van der Waals surface area contributed by atoms with Crippen LogP contribution in [-0.4, -0.2) is 67.3 Å². The molecule has 0 spiro atoms. The van der Waals surface area contributed by atoms with Crippen molar-refractivity contribution in [2.75, 3.05) is 46.9 Å². The maximum Gasteiger partial charge on any atom is 0.0613 e. The minimum absolute atomic E-state index is 0.155. The number of aliphatic hydroxyl groups excluding tert-OH is 1. The van der Waals surface area contributed by atoms with Gasteiger partial charge in [-0.25, -0.2) is 0 Å². The molecule has 1 saturated carbocycles. The molecule has 2 atom stereocenters. The number of piperidine rings is 1.